The fraction of sp³-hybridized carbons (Fsp3) is 0.194. The Bertz CT molecular complexity index is 2120. The molecule has 0 bridgehead atoms. The van der Waals surface area contributed by atoms with Gasteiger partial charge in [0.15, 0.2) is 0 Å². The Kier molecular flexibility index (Phi) is 7.89. The van der Waals surface area contributed by atoms with Crippen molar-refractivity contribution in [3.05, 3.63) is 78.5 Å². The van der Waals surface area contributed by atoms with Gasteiger partial charge in [-0.2, -0.15) is 5.10 Å². The van der Waals surface area contributed by atoms with Gasteiger partial charge in [-0.05, 0) is 60.5 Å². The van der Waals surface area contributed by atoms with Crippen LogP contribution in [0.3, 0.4) is 0 Å². The molecule has 0 fully saturated rings. The van der Waals surface area contributed by atoms with Crippen LogP contribution in [0.2, 0.25) is 0 Å². The number of nitrogens with zero attached hydrogens (tertiary/aromatic N) is 4. The molecule has 1 amide bonds. The van der Waals surface area contributed by atoms with Crippen molar-refractivity contribution < 1.29 is 17.6 Å². The van der Waals surface area contributed by atoms with Gasteiger partial charge in [-0.3, -0.25) is 19.9 Å². The van der Waals surface area contributed by atoms with Crippen LogP contribution in [-0.4, -0.2) is 50.7 Å². The molecule has 6 aromatic rings. The SMILES string of the molecule is CCCCC(=O)Nc1cncc(-c2ccc3[nH]nc(-c4cc5c(-c6cc(F)cc(CNS(C)(=O)=O)c6)nccc5[nH]4)c3n2)c1. The number of amides is 1. The summed E-state index contributed by atoms with van der Waals surface area (Å²) in [5, 5.41) is 11.2. The number of aromatic nitrogens is 6. The zero-order valence-corrected chi connectivity index (χ0v) is 24.8. The number of nitrogens with one attached hydrogen (secondary N) is 4. The average molecular weight is 613 g/mol. The molecular formula is C31H29FN8O3S. The highest BCUT2D eigenvalue weighted by Gasteiger charge is 2.17. The van der Waals surface area contributed by atoms with E-state index >= 15 is 0 Å². The minimum Gasteiger partial charge on any atom is -0.353 e. The van der Waals surface area contributed by atoms with E-state index in [1.165, 1.54) is 12.1 Å². The van der Waals surface area contributed by atoms with Gasteiger partial charge in [0.2, 0.25) is 15.9 Å². The highest BCUT2D eigenvalue weighted by atomic mass is 32.2. The number of pyridine rings is 3. The van der Waals surface area contributed by atoms with E-state index in [0.717, 1.165) is 41.1 Å². The van der Waals surface area contributed by atoms with Gasteiger partial charge in [0.25, 0.3) is 0 Å². The summed E-state index contributed by atoms with van der Waals surface area (Å²) in [4.78, 5) is 29.3. The third-order valence-electron chi connectivity index (χ3n) is 7.06. The Morgan fingerprint density at radius 2 is 1.86 bits per heavy atom. The molecule has 13 heteroatoms. The number of hydrogen-bond donors (Lipinski definition) is 4. The topological polar surface area (TPSA) is 158 Å². The summed E-state index contributed by atoms with van der Waals surface area (Å²) < 4.78 is 40.1. The molecule has 0 aliphatic heterocycles. The molecule has 224 valence electrons. The largest absolute Gasteiger partial charge is 0.353 e. The summed E-state index contributed by atoms with van der Waals surface area (Å²) >= 11 is 0. The Labute approximate surface area is 252 Å². The number of halogens is 1. The van der Waals surface area contributed by atoms with Crippen LogP contribution in [0, 0.1) is 5.82 Å². The molecule has 0 unspecified atom stereocenters. The van der Waals surface area contributed by atoms with Crippen LogP contribution in [0.1, 0.15) is 31.7 Å². The molecule has 0 aliphatic rings. The summed E-state index contributed by atoms with van der Waals surface area (Å²) in [6.45, 7) is 1.99. The van der Waals surface area contributed by atoms with Crippen molar-refractivity contribution in [1.82, 2.24) is 34.9 Å². The number of unbranched alkanes of at least 4 members (excludes halogenated alkanes) is 1. The summed E-state index contributed by atoms with van der Waals surface area (Å²) in [6, 6.07) is 13.6. The standard InChI is InChI=1S/C31H29FN8O3S/c1-3-4-5-28(41)36-22-13-20(16-33-17-22)24-6-7-26-30(38-24)31(40-39-26)27-14-23-25(37-27)8-9-34-29(23)19-10-18(11-21(32)12-19)15-35-44(2,42)43/h6-14,16-17,35,37H,3-5,15H2,1-2H3,(H,36,41)(H,39,40). The Morgan fingerprint density at radius 1 is 1.00 bits per heavy atom. The molecule has 6 rings (SSSR count). The van der Waals surface area contributed by atoms with Crippen LogP contribution in [0.15, 0.2) is 67.1 Å². The zero-order valence-electron chi connectivity index (χ0n) is 24.0. The number of carbonyl (C=O) groups excluding carboxylic acids is 1. The van der Waals surface area contributed by atoms with E-state index in [1.807, 2.05) is 37.3 Å². The molecule has 11 nitrogen and oxygen atoms in total. The van der Waals surface area contributed by atoms with E-state index in [4.69, 9.17) is 4.98 Å². The first kappa shape index (κ1) is 29.1. The molecular weight excluding hydrogens is 583 g/mol. The second kappa shape index (κ2) is 11.9. The maximum absolute atomic E-state index is 14.6. The molecule has 0 saturated heterocycles. The predicted octanol–water partition coefficient (Wildman–Crippen LogP) is 5.55. The normalized spacial score (nSPS) is 11.8. The third-order valence-corrected chi connectivity index (χ3v) is 7.72. The minimum absolute atomic E-state index is 0.0468. The predicted molar refractivity (Wildman–Crippen MR) is 167 cm³/mol. The summed E-state index contributed by atoms with van der Waals surface area (Å²) in [5.41, 5.74) is 6.87. The van der Waals surface area contributed by atoms with Crippen LogP contribution in [0.5, 0.6) is 0 Å². The van der Waals surface area contributed by atoms with Crippen LogP contribution >= 0.6 is 0 Å². The molecule has 0 atom stereocenters. The molecule has 4 N–H and O–H groups in total. The average Bonchev–Trinajstić information content (AvgIpc) is 3.62. The molecule has 0 saturated carbocycles. The number of rotatable bonds is 10. The second-order valence-corrected chi connectivity index (χ2v) is 12.4. The molecule has 1 aromatic carbocycles. The van der Waals surface area contributed by atoms with Gasteiger partial charge < -0.3 is 10.3 Å². The van der Waals surface area contributed by atoms with Crippen molar-refractivity contribution in [3.8, 4) is 33.9 Å². The van der Waals surface area contributed by atoms with Gasteiger partial charge in [0.05, 0.1) is 40.7 Å². The number of carbonyl (C=O) groups is 1. The Morgan fingerprint density at radius 3 is 2.68 bits per heavy atom. The molecule has 0 aliphatic carbocycles. The van der Waals surface area contributed by atoms with Gasteiger partial charge >= 0.3 is 0 Å². The lowest BCUT2D eigenvalue weighted by Crippen LogP contribution is -2.21. The molecule has 5 heterocycles. The summed E-state index contributed by atoms with van der Waals surface area (Å²) in [5.74, 6) is -0.560. The number of sulfonamides is 1. The van der Waals surface area contributed by atoms with Crippen molar-refractivity contribution in [1.29, 1.82) is 0 Å². The fourth-order valence-corrected chi connectivity index (χ4v) is 5.40. The number of aromatic amines is 2. The van der Waals surface area contributed by atoms with Crippen LogP contribution < -0.4 is 10.0 Å². The monoisotopic (exact) mass is 612 g/mol. The second-order valence-electron chi connectivity index (χ2n) is 10.5. The Hall–Kier alpha value is -5.01. The molecule has 5 aromatic heterocycles. The molecule has 44 heavy (non-hydrogen) atoms. The maximum Gasteiger partial charge on any atom is 0.224 e. The fourth-order valence-electron chi connectivity index (χ4n) is 4.97. The van der Waals surface area contributed by atoms with Crippen molar-refractivity contribution in [2.45, 2.75) is 32.7 Å². The number of H-pyrrole nitrogens is 2. The van der Waals surface area contributed by atoms with Gasteiger partial charge in [0.1, 0.15) is 17.0 Å². The molecule has 0 radical (unpaired) electrons. The lowest BCUT2D eigenvalue weighted by molar-refractivity contribution is -0.116. The van der Waals surface area contributed by atoms with E-state index in [0.29, 0.717) is 51.5 Å². The first-order chi connectivity index (χ1) is 21.2. The summed E-state index contributed by atoms with van der Waals surface area (Å²) in [7, 11) is -3.45. The highest BCUT2D eigenvalue weighted by molar-refractivity contribution is 7.88. The van der Waals surface area contributed by atoms with Crippen molar-refractivity contribution in [3.63, 3.8) is 0 Å². The van der Waals surface area contributed by atoms with Crippen LogP contribution in [-0.2, 0) is 21.4 Å². The maximum atomic E-state index is 14.6. The van der Waals surface area contributed by atoms with Crippen molar-refractivity contribution in [2.75, 3.05) is 11.6 Å². The zero-order chi connectivity index (χ0) is 30.8. The van der Waals surface area contributed by atoms with Gasteiger partial charge in [0, 0.05) is 47.4 Å². The van der Waals surface area contributed by atoms with E-state index < -0.39 is 15.8 Å². The smallest absolute Gasteiger partial charge is 0.224 e. The first-order valence-corrected chi connectivity index (χ1v) is 15.9. The Balaban J connectivity index is 1.35. The van der Waals surface area contributed by atoms with Crippen molar-refractivity contribution >= 4 is 43.6 Å². The number of hydrogen-bond acceptors (Lipinski definition) is 7. The lowest BCUT2D eigenvalue weighted by atomic mass is 10.0. The van der Waals surface area contributed by atoms with E-state index in [1.54, 1.807) is 24.7 Å². The highest BCUT2D eigenvalue weighted by Crippen LogP contribution is 2.34. The van der Waals surface area contributed by atoms with Crippen molar-refractivity contribution in [2.24, 2.45) is 0 Å². The number of anilines is 1. The number of fused-ring (bicyclic) bond motifs is 2. The first-order valence-electron chi connectivity index (χ1n) is 14.0. The number of benzene rings is 1. The third kappa shape index (κ3) is 6.33. The van der Waals surface area contributed by atoms with Gasteiger partial charge in [-0.1, -0.05) is 13.3 Å². The van der Waals surface area contributed by atoms with Crippen LogP contribution in [0.4, 0.5) is 10.1 Å². The van der Waals surface area contributed by atoms with Gasteiger partial charge in [-0.15, -0.1) is 0 Å². The minimum atomic E-state index is -3.45. The van der Waals surface area contributed by atoms with E-state index in [-0.39, 0.29) is 12.5 Å². The lowest BCUT2D eigenvalue weighted by Gasteiger charge is -2.08. The van der Waals surface area contributed by atoms with E-state index in [9.17, 15) is 17.6 Å². The molecule has 0 spiro atoms. The summed E-state index contributed by atoms with van der Waals surface area (Å²) in [6.07, 6.45) is 8.18. The van der Waals surface area contributed by atoms with Crippen LogP contribution in [0.25, 0.3) is 55.8 Å². The quantitative estimate of drug-likeness (QED) is 0.158. The van der Waals surface area contributed by atoms with Gasteiger partial charge in [-0.25, -0.2) is 22.5 Å². The van der Waals surface area contributed by atoms with E-state index in [2.05, 4.69) is 35.2 Å².